The Kier molecular flexibility index (Phi) is 50.0. The van der Waals surface area contributed by atoms with Crippen LogP contribution in [0.25, 0.3) is 0 Å². The van der Waals surface area contributed by atoms with Crippen molar-refractivity contribution in [2.75, 3.05) is 19.6 Å². The first kappa shape index (κ1) is 113. The average molecular weight is 1960 g/mol. The van der Waals surface area contributed by atoms with Crippen molar-refractivity contribution in [1.29, 1.82) is 0 Å². The molecule has 0 fully saturated rings. The van der Waals surface area contributed by atoms with E-state index in [2.05, 4.69) is 47.9 Å². The zero-order valence-corrected chi connectivity index (χ0v) is 77.2. The molecule has 0 aromatic heterocycles. The second-order valence-corrected chi connectivity index (χ2v) is 33.0. The third-order valence-corrected chi connectivity index (χ3v) is 22.1. The topological polar surface area (TPSA) is 567 Å². The van der Waals surface area contributed by atoms with Gasteiger partial charge in [0.1, 0.15) is 41.4 Å². The fraction of sp³-hybridized carbons (Fsp3) is 0.367. The molecule has 7 rings (SSSR count). The summed E-state index contributed by atoms with van der Waals surface area (Å²) in [6.07, 6.45) is -5.91. The number of carboxylic acids is 4. The lowest BCUT2D eigenvalue weighted by molar-refractivity contribution is -0.384. The van der Waals surface area contributed by atoms with E-state index in [0.717, 1.165) is 47.0 Å². The number of amides is 5. The molecule has 2 unspecified atom stereocenters. The Bertz CT molecular complexity index is 5330. The largest absolute Gasteiger partial charge is 0.481 e. The van der Waals surface area contributed by atoms with Gasteiger partial charge in [-0.3, -0.25) is 86.8 Å². The number of nitrogens with one attached hydrogen (secondary N) is 9. The number of Topliss-reactive ketones (excluding diaryl/α,β-unsaturated/α-hetero) is 6. The number of hydrogen-bond acceptors (Lipinski definition) is 25. The Hall–Kier alpha value is -15.2. The van der Waals surface area contributed by atoms with E-state index in [0.29, 0.717) is 11.1 Å². The number of nitrogens with zero attached hydrogens (tertiary/aromatic N) is 1. The van der Waals surface area contributed by atoms with Gasteiger partial charge in [0.2, 0.25) is 23.6 Å². The Labute approximate surface area is 808 Å². The van der Waals surface area contributed by atoms with Gasteiger partial charge in [-0.05, 0) is 147 Å². The molecule has 7 aromatic carbocycles. The normalized spacial score (nSPS) is 12.9. The first-order valence-electron chi connectivity index (χ1n) is 44.4. The molecule has 37 nitrogen and oxygen atoms in total. The Morgan fingerprint density at radius 3 is 1.27 bits per heavy atom. The number of hydrogen-bond donors (Lipinski definition) is 13. The Balaban J connectivity index is 0.000000430. The zero-order valence-electron chi connectivity index (χ0n) is 75.6. The highest BCUT2D eigenvalue weighted by Crippen LogP contribution is 2.25. The number of benzene rings is 7. The van der Waals surface area contributed by atoms with Crippen LogP contribution in [-0.4, -0.2) is 205 Å². The number of carbonyl (C=O) groups excluding carboxylic acids is 14. The maximum Gasteiger partial charge on any atom is 0.326 e. The number of nitro benzene ring substituents is 1. The molecule has 0 bridgehead atoms. The molecule has 10 atom stereocenters. The Morgan fingerprint density at radius 2 is 0.813 bits per heavy atom. The number of rotatable bonds is 65. The lowest BCUT2D eigenvalue weighted by Gasteiger charge is -2.24. The fourth-order valence-electron chi connectivity index (χ4n) is 14.3. The van der Waals surface area contributed by atoms with Gasteiger partial charge in [0.05, 0.1) is 42.0 Å². The first-order valence-corrected chi connectivity index (χ1v) is 45.2. The second-order valence-electron chi connectivity index (χ2n) is 32.2. The molecule has 5 amide bonds. The van der Waals surface area contributed by atoms with Crippen LogP contribution in [0.5, 0.6) is 0 Å². The quantitative estimate of drug-likeness (QED) is 0.00250. The van der Waals surface area contributed by atoms with E-state index in [-0.39, 0.29) is 201 Å². The van der Waals surface area contributed by atoms with Crippen LogP contribution in [0.1, 0.15) is 164 Å². The highest BCUT2D eigenvalue weighted by molar-refractivity contribution is 7.80. The minimum Gasteiger partial charge on any atom is -0.481 e. The number of carbonyl (C=O) groups is 18. The van der Waals surface area contributed by atoms with Crippen molar-refractivity contribution in [2.45, 2.75) is 190 Å². The summed E-state index contributed by atoms with van der Waals surface area (Å²) in [5, 5.41) is 71.5. The summed E-state index contributed by atoms with van der Waals surface area (Å²) < 4.78 is 43.1. The van der Waals surface area contributed by atoms with E-state index in [1.54, 1.807) is 133 Å². The number of thiocarbonyl (C=S) groups is 2. The van der Waals surface area contributed by atoms with Crippen LogP contribution in [0.15, 0.2) is 194 Å². The van der Waals surface area contributed by atoms with Gasteiger partial charge in [0.15, 0.2) is 45.8 Å². The molecular formula is C98H110F2N10O27S2. The number of ether oxygens (including phenoxy) is 3. The molecule has 0 heterocycles. The summed E-state index contributed by atoms with van der Waals surface area (Å²) in [6, 6.07) is 46.5. The lowest BCUT2D eigenvalue weighted by Crippen LogP contribution is -2.49. The van der Waals surface area contributed by atoms with E-state index in [1.807, 2.05) is 18.2 Å². The third kappa shape index (κ3) is 44.5. The van der Waals surface area contributed by atoms with Crippen LogP contribution in [0, 0.1) is 39.5 Å². The van der Waals surface area contributed by atoms with Crippen LogP contribution in [0.4, 0.5) is 14.5 Å². The van der Waals surface area contributed by atoms with Crippen molar-refractivity contribution in [3.63, 3.8) is 0 Å². The number of ketones is 6. The highest BCUT2D eigenvalue weighted by atomic mass is 32.1. The second kappa shape index (κ2) is 61.8. The maximum absolute atomic E-state index is 14.8. The molecule has 7 aromatic rings. The third-order valence-electron chi connectivity index (χ3n) is 21.6. The van der Waals surface area contributed by atoms with Gasteiger partial charge in [-0.15, -0.1) is 0 Å². The van der Waals surface area contributed by atoms with Crippen LogP contribution >= 0.6 is 24.4 Å². The molecule has 0 saturated heterocycles. The number of carboxylic acid groups (broad SMARTS) is 4. The molecule has 0 radical (unpaired) electrons. The van der Waals surface area contributed by atoms with Crippen molar-refractivity contribution < 1.29 is 135 Å². The van der Waals surface area contributed by atoms with Crippen molar-refractivity contribution >= 4 is 148 Å². The van der Waals surface area contributed by atoms with Crippen LogP contribution in [0.2, 0.25) is 0 Å². The van der Waals surface area contributed by atoms with Crippen molar-refractivity contribution in [3.8, 4) is 0 Å². The molecule has 0 aliphatic carbocycles. The van der Waals surface area contributed by atoms with Crippen molar-refractivity contribution in [2.24, 2.45) is 17.8 Å². The summed E-state index contributed by atoms with van der Waals surface area (Å²) in [7, 11) is 0. The average Bonchev–Trinajstić information content (AvgIpc) is 0.829. The summed E-state index contributed by atoms with van der Waals surface area (Å²) >= 11 is 10.2. The van der Waals surface area contributed by atoms with Crippen LogP contribution in [-0.2, 0) is 123 Å². The Morgan fingerprint density at radius 1 is 0.396 bits per heavy atom. The van der Waals surface area contributed by atoms with E-state index < -0.39 is 178 Å². The van der Waals surface area contributed by atoms with E-state index in [4.69, 9.17) is 48.9 Å². The molecule has 0 spiro atoms. The molecule has 740 valence electrons. The maximum atomic E-state index is 14.8. The molecule has 0 saturated carbocycles. The molecule has 139 heavy (non-hydrogen) atoms. The standard InChI is InChI=1S/C52H57FN6O14S.C46H53FN4O13S/c53-42-20-18-38(59(71)72)30-41(42)50(68)56-44(27-35-15-8-3-9-16-35)45(63)29-37(26-34-13-6-2-7-14-34)49(67)55-31-40(62)17-10-24-54-48(66)36(25-33-11-4-1-5-12-33)28-39(61)19-21-43(51(69)70)57-52(74)58-46(73-32-60)22-23-47(64)65;47-34-15-13-32(14-16-34)39(55)26-33(24-30-8-3-1-4-9-30)44(60)49-38(25-31-10-5-2-6-11-31)40(56)27-36(63-28-52)18-20-41(57)48-23-7-12-35(54)17-19-37(45(61)62)50-46(65)51-42(64-29-53)21-22-43(58)59/h1-9,11-16,18,20,30,32,36-37,43-44,46H,10,17,19,21-29,31H2,(H,54,66)(H,55,67)(H,56,68)(H,64,65)(H,69,70)(H2,57,58,74);1-6,8-11,13-16,28-29,33,36-38,42H,7,12,17-27H2,(H,48,57)(H,49,60)(H,58,59)(H,61,62)(H2,50,51,65)/t36-,37-,43+,44+,46-;33?,36-,37-,38?,42+/m10/s1/i53-1;47-1. The van der Waals surface area contributed by atoms with Gasteiger partial charge in [-0.1, -0.05) is 152 Å². The highest BCUT2D eigenvalue weighted by Gasteiger charge is 2.35. The molecule has 0 aliphatic rings. The minimum atomic E-state index is -1.38. The monoisotopic (exact) mass is 1960 g/mol. The van der Waals surface area contributed by atoms with Crippen molar-refractivity contribution in [1.82, 2.24) is 47.9 Å². The summed E-state index contributed by atoms with van der Waals surface area (Å²) in [5.41, 5.74) is 2.62. The zero-order chi connectivity index (χ0) is 102. The molecular weight excluding hydrogens is 1850 g/mol. The van der Waals surface area contributed by atoms with Gasteiger partial charge >= 0.3 is 23.9 Å². The van der Waals surface area contributed by atoms with E-state index in [1.165, 1.54) is 12.1 Å². The summed E-state index contributed by atoms with van der Waals surface area (Å²) in [5.74, 6) is -15.2. The van der Waals surface area contributed by atoms with Gasteiger partial charge in [0.25, 0.3) is 31.0 Å². The predicted octanol–water partition coefficient (Wildman–Crippen LogP) is 8.15. The lowest BCUT2D eigenvalue weighted by atomic mass is 9.89. The van der Waals surface area contributed by atoms with E-state index in [9.17, 15) is 115 Å². The van der Waals surface area contributed by atoms with Crippen molar-refractivity contribution in [3.05, 3.63) is 255 Å². The molecule has 0 aliphatic heterocycles. The smallest absolute Gasteiger partial charge is 0.326 e. The molecule has 41 heteroatoms. The number of non-ortho nitro benzene ring substituents is 1. The van der Waals surface area contributed by atoms with Gasteiger partial charge in [-0.25, -0.2) is 18.4 Å². The minimum absolute atomic E-state index is 0.00621. The number of halogens is 2. The van der Waals surface area contributed by atoms with E-state index >= 15 is 0 Å². The van der Waals surface area contributed by atoms with Crippen LogP contribution < -0.4 is 47.9 Å². The van der Waals surface area contributed by atoms with Gasteiger partial charge in [-0.2, -0.15) is 0 Å². The first-order chi connectivity index (χ1) is 66.6. The van der Waals surface area contributed by atoms with Gasteiger partial charge < -0.3 is 82.5 Å². The number of nitro groups is 1. The van der Waals surface area contributed by atoms with Gasteiger partial charge in [0, 0.05) is 119 Å². The number of aliphatic carboxylic acids is 4. The summed E-state index contributed by atoms with van der Waals surface area (Å²) in [6.45, 7) is 0.0255. The van der Waals surface area contributed by atoms with Crippen LogP contribution in [0.3, 0.4) is 0 Å². The predicted molar refractivity (Wildman–Crippen MR) is 504 cm³/mol. The SMILES string of the molecule is O=CO[C@@H](CCC(=O)NCCCC(=O)CC[C@H](NC(=S)N[C@@H](CCC(=O)O)OC=O)C(=O)O)CC(=O)C(Cc1ccccc1)NC(=O)C(CC(=O)c1ccc([18F])cc1)Cc1ccccc1.O=CO[C@H](CCC(=O)O)NC(=S)N[C@@H](CCC(=O)C[C@@H](Cc1ccccc1)C(=O)NCCCC(=O)CNC(=O)[C@@H](CC(=O)[C@H](Cc1ccccc1)NC(=O)c1cc([N+](=O)[O-])ccc1[18F])Cc1ccccc1)C(=O)O. The molecule has 13 N–H and O–H groups in total. The summed E-state index contributed by atoms with van der Waals surface area (Å²) in [4.78, 5) is 237. The fourth-order valence-corrected chi connectivity index (χ4v) is 14.8.